The fourth-order valence-corrected chi connectivity index (χ4v) is 3.91. The van der Waals surface area contributed by atoms with Crippen LogP contribution in [0, 0.1) is 19.8 Å². The molecule has 1 fully saturated rings. The van der Waals surface area contributed by atoms with Gasteiger partial charge in [0.2, 0.25) is 5.91 Å². The van der Waals surface area contributed by atoms with Gasteiger partial charge < -0.3 is 10.2 Å². The van der Waals surface area contributed by atoms with Crippen LogP contribution in [0.25, 0.3) is 0 Å². The lowest BCUT2D eigenvalue weighted by molar-refractivity contribution is -0.128. The molecule has 126 valence electrons. The van der Waals surface area contributed by atoms with Crippen LogP contribution in [0.5, 0.6) is 0 Å². The molecule has 1 atom stereocenters. The smallest absolute Gasteiger partial charge is 0.261 e. The molecule has 2 aromatic rings. The van der Waals surface area contributed by atoms with Crippen molar-refractivity contribution >= 4 is 23.2 Å². The van der Waals surface area contributed by atoms with Gasteiger partial charge in [-0.3, -0.25) is 9.59 Å². The van der Waals surface area contributed by atoms with Crippen LogP contribution in [0.1, 0.15) is 32.1 Å². The summed E-state index contributed by atoms with van der Waals surface area (Å²) in [5.41, 5.74) is 2.29. The summed E-state index contributed by atoms with van der Waals surface area (Å²) in [6.07, 6.45) is 0.510. The van der Waals surface area contributed by atoms with E-state index in [0.717, 1.165) is 16.0 Å². The normalized spacial score (nSPS) is 17.3. The summed E-state index contributed by atoms with van der Waals surface area (Å²) in [7, 11) is 0. The maximum absolute atomic E-state index is 12.2. The fourth-order valence-electron chi connectivity index (χ4n) is 2.96. The van der Waals surface area contributed by atoms with Crippen LogP contribution in [0.2, 0.25) is 0 Å². The van der Waals surface area contributed by atoms with Crippen molar-refractivity contribution in [3.05, 3.63) is 57.3 Å². The van der Waals surface area contributed by atoms with Gasteiger partial charge in [0, 0.05) is 36.9 Å². The van der Waals surface area contributed by atoms with Crippen molar-refractivity contribution < 1.29 is 9.59 Å². The van der Waals surface area contributed by atoms with Crippen molar-refractivity contribution in [1.29, 1.82) is 0 Å². The Morgan fingerprint density at radius 1 is 1.29 bits per heavy atom. The second-order valence-corrected chi connectivity index (χ2v) is 7.65. The number of benzene rings is 1. The van der Waals surface area contributed by atoms with Crippen molar-refractivity contribution in [2.45, 2.75) is 26.8 Å². The second kappa shape index (κ2) is 7.18. The maximum Gasteiger partial charge on any atom is 0.261 e. The minimum absolute atomic E-state index is 0.0369. The highest BCUT2D eigenvalue weighted by Gasteiger charge is 2.29. The lowest BCUT2D eigenvalue weighted by Crippen LogP contribution is -2.30. The van der Waals surface area contributed by atoms with Crippen molar-refractivity contribution in [2.75, 3.05) is 13.1 Å². The number of hydrogen-bond donors (Lipinski definition) is 1. The van der Waals surface area contributed by atoms with E-state index in [4.69, 9.17) is 0 Å². The number of likely N-dealkylation sites (tertiary alicyclic amines) is 1. The fraction of sp³-hybridized carbons (Fsp3) is 0.368. The first kappa shape index (κ1) is 16.7. The topological polar surface area (TPSA) is 49.4 Å². The lowest BCUT2D eigenvalue weighted by atomic mass is 10.1. The molecule has 1 N–H and O–H groups in total. The summed E-state index contributed by atoms with van der Waals surface area (Å²) in [4.78, 5) is 28.2. The molecule has 1 saturated heterocycles. The predicted octanol–water partition coefficient (Wildman–Crippen LogP) is 3.14. The molecular formula is C19H22N2O2S. The first-order chi connectivity index (χ1) is 11.5. The molecule has 0 unspecified atom stereocenters. The van der Waals surface area contributed by atoms with Crippen LogP contribution in [0.15, 0.2) is 36.4 Å². The van der Waals surface area contributed by atoms with Gasteiger partial charge in [-0.25, -0.2) is 0 Å². The van der Waals surface area contributed by atoms with Gasteiger partial charge in [-0.05, 0) is 31.0 Å². The number of rotatable bonds is 5. The summed E-state index contributed by atoms with van der Waals surface area (Å²) in [6.45, 7) is 5.93. The van der Waals surface area contributed by atoms with Gasteiger partial charge in [0.25, 0.3) is 5.91 Å². The van der Waals surface area contributed by atoms with E-state index in [0.29, 0.717) is 26.1 Å². The Morgan fingerprint density at radius 3 is 2.71 bits per heavy atom. The SMILES string of the molecule is Cc1cc(C(=O)NC[C@@H]2CC(=O)N(Cc3ccccc3)C2)sc1C. The van der Waals surface area contributed by atoms with Crippen LogP contribution < -0.4 is 5.32 Å². The van der Waals surface area contributed by atoms with Crippen molar-refractivity contribution in [1.82, 2.24) is 10.2 Å². The average Bonchev–Trinajstić information content (AvgIpc) is 3.09. The Balaban J connectivity index is 1.52. The number of hydrogen-bond acceptors (Lipinski definition) is 3. The molecular weight excluding hydrogens is 320 g/mol. The van der Waals surface area contributed by atoms with Crippen molar-refractivity contribution in [3.63, 3.8) is 0 Å². The summed E-state index contributed by atoms with van der Waals surface area (Å²) in [5.74, 6) is 0.318. The number of amides is 2. The minimum Gasteiger partial charge on any atom is -0.351 e. The van der Waals surface area contributed by atoms with Gasteiger partial charge in [0.05, 0.1) is 4.88 Å². The van der Waals surface area contributed by atoms with E-state index >= 15 is 0 Å². The average molecular weight is 342 g/mol. The van der Waals surface area contributed by atoms with Crippen LogP contribution in [-0.2, 0) is 11.3 Å². The summed E-state index contributed by atoms with van der Waals surface area (Å²) in [5, 5.41) is 2.98. The van der Waals surface area contributed by atoms with Gasteiger partial charge in [-0.2, -0.15) is 0 Å². The van der Waals surface area contributed by atoms with Gasteiger partial charge >= 0.3 is 0 Å². The third-order valence-electron chi connectivity index (χ3n) is 4.45. The summed E-state index contributed by atoms with van der Waals surface area (Å²) >= 11 is 1.52. The number of carbonyl (C=O) groups excluding carboxylic acids is 2. The highest BCUT2D eigenvalue weighted by molar-refractivity contribution is 7.14. The molecule has 1 aromatic carbocycles. The molecule has 0 bridgehead atoms. The number of aryl methyl sites for hydroxylation is 2. The first-order valence-corrected chi connectivity index (χ1v) is 9.01. The van der Waals surface area contributed by atoms with E-state index in [1.165, 1.54) is 16.2 Å². The second-order valence-electron chi connectivity index (χ2n) is 6.39. The zero-order chi connectivity index (χ0) is 17.1. The molecule has 1 aromatic heterocycles. The quantitative estimate of drug-likeness (QED) is 0.907. The van der Waals surface area contributed by atoms with Crippen LogP contribution in [-0.4, -0.2) is 29.8 Å². The highest BCUT2D eigenvalue weighted by atomic mass is 32.1. The number of nitrogens with one attached hydrogen (secondary N) is 1. The monoisotopic (exact) mass is 342 g/mol. The molecule has 5 heteroatoms. The van der Waals surface area contributed by atoms with E-state index < -0.39 is 0 Å². The van der Waals surface area contributed by atoms with E-state index in [1.807, 2.05) is 55.1 Å². The molecule has 4 nitrogen and oxygen atoms in total. The molecule has 0 spiro atoms. The third-order valence-corrected chi connectivity index (χ3v) is 5.60. The number of thiophene rings is 1. The minimum atomic E-state index is -0.0369. The number of carbonyl (C=O) groups is 2. The summed E-state index contributed by atoms with van der Waals surface area (Å²) < 4.78 is 0. The van der Waals surface area contributed by atoms with Crippen LogP contribution >= 0.6 is 11.3 Å². The largest absolute Gasteiger partial charge is 0.351 e. The van der Waals surface area contributed by atoms with E-state index in [2.05, 4.69) is 5.32 Å². The molecule has 1 aliphatic rings. The van der Waals surface area contributed by atoms with Crippen LogP contribution in [0.4, 0.5) is 0 Å². The molecule has 3 rings (SSSR count). The zero-order valence-corrected chi connectivity index (χ0v) is 14.9. The Bertz CT molecular complexity index is 720. The highest BCUT2D eigenvalue weighted by Crippen LogP contribution is 2.22. The van der Waals surface area contributed by atoms with E-state index in [-0.39, 0.29) is 17.7 Å². The zero-order valence-electron chi connectivity index (χ0n) is 14.0. The first-order valence-electron chi connectivity index (χ1n) is 8.20. The van der Waals surface area contributed by atoms with Crippen molar-refractivity contribution in [3.8, 4) is 0 Å². The molecule has 1 aliphatic heterocycles. The van der Waals surface area contributed by atoms with E-state index in [1.54, 1.807) is 0 Å². The Kier molecular flexibility index (Phi) is 5.00. The molecule has 2 amide bonds. The molecule has 24 heavy (non-hydrogen) atoms. The summed E-state index contributed by atoms with van der Waals surface area (Å²) in [6, 6.07) is 11.9. The van der Waals surface area contributed by atoms with Gasteiger partial charge in [0.1, 0.15) is 0 Å². The maximum atomic E-state index is 12.2. The predicted molar refractivity (Wildman–Crippen MR) is 96.1 cm³/mol. The van der Waals surface area contributed by atoms with Gasteiger partial charge in [0.15, 0.2) is 0 Å². The standard InChI is InChI=1S/C19H22N2O2S/c1-13-8-17(24-14(13)2)19(23)20-10-16-9-18(22)21(12-16)11-15-6-4-3-5-7-15/h3-8,16H,9-12H2,1-2H3,(H,20,23)/t16-/m0/s1. The molecule has 0 saturated carbocycles. The van der Waals surface area contributed by atoms with Crippen LogP contribution in [0.3, 0.4) is 0 Å². The molecule has 0 radical (unpaired) electrons. The van der Waals surface area contributed by atoms with E-state index in [9.17, 15) is 9.59 Å². The van der Waals surface area contributed by atoms with Gasteiger partial charge in [-0.1, -0.05) is 30.3 Å². The number of nitrogens with zero attached hydrogens (tertiary/aromatic N) is 1. The van der Waals surface area contributed by atoms with Crippen molar-refractivity contribution in [2.24, 2.45) is 5.92 Å². The lowest BCUT2D eigenvalue weighted by Gasteiger charge is -2.17. The Hall–Kier alpha value is -2.14. The Labute approximate surface area is 146 Å². The van der Waals surface area contributed by atoms with Gasteiger partial charge in [-0.15, -0.1) is 11.3 Å². The third kappa shape index (κ3) is 3.85. The molecule has 2 heterocycles. The molecule has 0 aliphatic carbocycles. The Morgan fingerprint density at radius 2 is 2.04 bits per heavy atom.